The molecule has 1 aromatic carbocycles. The number of hydrogen-bond acceptors (Lipinski definition) is 4. The van der Waals surface area contributed by atoms with Crippen molar-refractivity contribution in [2.24, 2.45) is 5.16 Å². The molecule has 0 spiro atoms. The highest BCUT2D eigenvalue weighted by Crippen LogP contribution is 2.50. The highest BCUT2D eigenvalue weighted by Gasteiger charge is 2.62. The van der Waals surface area contributed by atoms with Gasteiger partial charge in [-0.15, -0.1) is 0 Å². The Morgan fingerprint density at radius 3 is 2.31 bits per heavy atom. The summed E-state index contributed by atoms with van der Waals surface area (Å²) in [6, 6.07) is 3.52. The lowest BCUT2D eigenvalue weighted by molar-refractivity contribution is -0.275. The summed E-state index contributed by atoms with van der Waals surface area (Å²) in [6.45, 7) is 1.28. The molecule has 1 atom stereocenters. The third-order valence-corrected chi connectivity index (χ3v) is 5.31. The smallest absolute Gasteiger partial charge is 0.435 e. The van der Waals surface area contributed by atoms with Crippen molar-refractivity contribution in [3.63, 3.8) is 0 Å². The molecule has 0 aliphatic carbocycles. The molecule has 26 heavy (non-hydrogen) atoms. The van der Waals surface area contributed by atoms with E-state index in [2.05, 4.69) is 5.16 Å². The number of aryl methyl sites for hydroxylation is 1. The number of aliphatic hydroxyl groups is 1. The predicted molar refractivity (Wildman–Crippen MR) is 90.8 cm³/mol. The minimum Gasteiger partial charge on any atom is -0.460 e. The first kappa shape index (κ1) is 19.4. The molecular formula is C16H11Cl3F3NO3. The van der Waals surface area contributed by atoms with Crippen LogP contribution in [0.25, 0.3) is 0 Å². The molecule has 0 saturated carbocycles. The van der Waals surface area contributed by atoms with Crippen LogP contribution in [0.2, 0.25) is 15.1 Å². The fourth-order valence-electron chi connectivity index (χ4n) is 2.64. The van der Waals surface area contributed by atoms with Crippen LogP contribution in [0.15, 0.2) is 27.8 Å². The zero-order chi connectivity index (χ0) is 19.3. The van der Waals surface area contributed by atoms with Gasteiger partial charge in [-0.25, -0.2) is 0 Å². The van der Waals surface area contributed by atoms with Crippen LogP contribution in [0.4, 0.5) is 13.2 Å². The van der Waals surface area contributed by atoms with Crippen molar-refractivity contribution in [1.29, 1.82) is 0 Å². The number of alkyl halides is 3. The molecule has 2 aromatic rings. The van der Waals surface area contributed by atoms with Crippen LogP contribution < -0.4 is 0 Å². The van der Waals surface area contributed by atoms with Gasteiger partial charge in [0, 0.05) is 11.1 Å². The quantitative estimate of drug-likeness (QED) is 0.645. The summed E-state index contributed by atoms with van der Waals surface area (Å²) >= 11 is 17.6. The van der Waals surface area contributed by atoms with Gasteiger partial charge in [-0.05, 0) is 25.1 Å². The van der Waals surface area contributed by atoms with E-state index in [-0.39, 0.29) is 38.7 Å². The molecule has 10 heteroatoms. The molecule has 0 bridgehead atoms. The molecule has 1 aliphatic heterocycles. The maximum atomic E-state index is 13.9. The van der Waals surface area contributed by atoms with E-state index in [9.17, 15) is 18.3 Å². The van der Waals surface area contributed by atoms with E-state index in [1.54, 1.807) is 6.92 Å². The van der Waals surface area contributed by atoms with Crippen molar-refractivity contribution < 1.29 is 27.5 Å². The van der Waals surface area contributed by atoms with Crippen LogP contribution in [0.5, 0.6) is 0 Å². The first-order valence-corrected chi connectivity index (χ1v) is 8.40. The van der Waals surface area contributed by atoms with E-state index in [1.807, 2.05) is 0 Å². The van der Waals surface area contributed by atoms with Crippen LogP contribution in [-0.4, -0.2) is 17.0 Å². The Hall–Kier alpha value is -1.41. The second-order valence-electron chi connectivity index (χ2n) is 5.73. The monoisotopic (exact) mass is 427 g/mol. The fraction of sp³-hybridized carbons (Fsp3) is 0.312. The van der Waals surface area contributed by atoms with Gasteiger partial charge >= 0.3 is 6.18 Å². The van der Waals surface area contributed by atoms with Gasteiger partial charge in [0.15, 0.2) is 5.76 Å². The van der Waals surface area contributed by atoms with Crippen LogP contribution in [-0.2, 0) is 17.0 Å². The SMILES string of the molecule is Cc1oc(C2=NOC(c3cc(Cl)c(Cl)c(Cl)c3)(C(F)(F)F)C2)cc1CO. The third-order valence-electron chi connectivity index (χ3n) is 4.11. The zero-order valence-corrected chi connectivity index (χ0v) is 15.4. The zero-order valence-electron chi connectivity index (χ0n) is 13.1. The van der Waals surface area contributed by atoms with E-state index in [1.165, 1.54) is 6.07 Å². The van der Waals surface area contributed by atoms with Gasteiger partial charge in [0.1, 0.15) is 11.5 Å². The number of rotatable bonds is 3. The Kier molecular flexibility index (Phi) is 4.94. The highest BCUT2D eigenvalue weighted by molar-refractivity contribution is 6.48. The molecule has 0 amide bonds. The van der Waals surface area contributed by atoms with E-state index >= 15 is 0 Å². The number of oxime groups is 1. The van der Waals surface area contributed by atoms with Gasteiger partial charge in [-0.2, -0.15) is 13.2 Å². The van der Waals surface area contributed by atoms with Gasteiger partial charge in [-0.1, -0.05) is 40.0 Å². The second kappa shape index (κ2) is 6.64. The summed E-state index contributed by atoms with van der Waals surface area (Å²) in [5.74, 6) is 0.469. The Bertz CT molecular complexity index is 872. The van der Waals surface area contributed by atoms with E-state index in [4.69, 9.17) is 44.1 Å². The van der Waals surface area contributed by atoms with Crippen molar-refractivity contribution in [2.45, 2.75) is 31.7 Å². The lowest BCUT2D eigenvalue weighted by Crippen LogP contribution is -2.42. The van der Waals surface area contributed by atoms with Gasteiger partial charge in [-0.3, -0.25) is 0 Å². The number of hydrogen-bond donors (Lipinski definition) is 1. The number of halogens is 6. The molecule has 0 fully saturated rings. The number of nitrogens with zero attached hydrogens (tertiary/aromatic N) is 1. The highest BCUT2D eigenvalue weighted by atomic mass is 35.5. The molecule has 3 rings (SSSR count). The summed E-state index contributed by atoms with van der Waals surface area (Å²) in [6.07, 6.45) is -5.47. The Morgan fingerprint density at radius 2 is 1.81 bits per heavy atom. The third kappa shape index (κ3) is 3.07. The predicted octanol–water partition coefficient (Wildman–Crippen LogP) is 5.62. The summed E-state index contributed by atoms with van der Waals surface area (Å²) in [4.78, 5) is 4.87. The van der Waals surface area contributed by atoms with Crippen molar-refractivity contribution in [3.05, 3.63) is 55.9 Å². The fourth-order valence-corrected chi connectivity index (χ4v) is 3.24. The first-order valence-electron chi connectivity index (χ1n) is 7.26. The average molecular weight is 429 g/mol. The summed E-state index contributed by atoms with van der Waals surface area (Å²) in [5, 5.41) is 12.5. The number of aliphatic hydroxyl groups excluding tert-OH is 1. The van der Waals surface area contributed by atoms with E-state index in [0.717, 1.165) is 12.1 Å². The van der Waals surface area contributed by atoms with Crippen molar-refractivity contribution >= 4 is 40.5 Å². The van der Waals surface area contributed by atoms with E-state index in [0.29, 0.717) is 11.3 Å². The molecule has 1 unspecified atom stereocenters. The minimum absolute atomic E-state index is 0.0488. The minimum atomic E-state index is -4.82. The number of benzene rings is 1. The lowest BCUT2D eigenvalue weighted by Gasteiger charge is -2.29. The Balaban J connectivity index is 2.05. The topological polar surface area (TPSA) is 55.0 Å². The second-order valence-corrected chi connectivity index (χ2v) is 6.93. The molecule has 1 aromatic heterocycles. The van der Waals surface area contributed by atoms with Gasteiger partial charge in [0.25, 0.3) is 5.60 Å². The summed E-state index contributed by atoms with van der Waals surface area (Å²) < 4.78 is 47.1. The molecule has 2 heterocycles. The van der Waals surface area contributed by atoms with Crippen LogP contribution in [0, 0.1) is 6.92 Å². The molecule has 0 radical (unpaired) electrons. The number of furan rings is 1. The standard InChI is InChI=1S/C16H11Cl3F3NO3/c1-7-8(6-24)2-13(25-7)12-5-15(26-23-12,16(20,21)22)9-3-10(17)14(19)11(18)4-9/h2-4,24H,5-6H2,1H3. The van der Waals surface area contributed by atoms with Gasteiger partial charge < -0.3 is 14.4 Å². The maximum Gasteiger partial charge on any atom is 0.435 e. The van der Waals surface area contributed by atoms with Crippen molar-refractivity contribution in [3.8, 4) is 0 Å². The van der Waals surface area contributed by atoms with Crippen molar-refractivity contribution in [1.82, 2.24) is 0 Å². The Labute approximate surface area is 161 Å². The average Bonchev–Trinajstić information content (AvgIpc) is 3.16. The molecule has 140 valence electrons. The molecule has 0 saturated heterocycles. The molecule has 1 N–H and O–H groups in total. The van der Waals surface area contributed by atoms with Crippen LogP contribution in [0.1, 0.15) is 29.1 Å². The Morgan fingerprint density at radius 1 is 1.19 bits per heavy atom. The van der Waals surface area contributed by atoms with Gasteiger partial charge in [0.2, 0.25) is 0 Å². The van der Waals surface area contributed by atoms with Crippen LogP contribution >= 0.6 is 34.8 Å². The first-order chi connectivity index (χ1) is 12.1. The van der Waals surface area contributed by atoms with Crippen LogP contribution in [0.3, 0.4) is 0 Å². The maximum absolute atomic E-state index is 13.9. The van der Waals surface area contributed by atoms with Crippen molar-refractivity contribution in [2.75, 3.05) is 0 Å². The molecular weight excluding hydrogens is 418 g/mol. The van der Waals surface area contributed by atoms with Gasteiger partial charge in [0.05, 0.1) is 28.1 Å². The molecule has 4 nitrogen and oxygen atoms in total. The largest absolute Gasteiger partial charge is 0.460 e. The lowest BCUT2D eigenvalue weighted by atomic mass is 9.87. The normalized spacial score (nSPS) is 20.2. The molecule has 1 aliphatic rings. The summed E-state index contributed by atoms with van der Waals surface area (Å²) in [7, 11) is 0. The van der Waals surface area contributed by atoms with E-state index < -0.39 is 18.2 Å². The summed E-state index contributed by atoms with van der Waals surface area (Å²) in [5.41, 5.74) is -2.70.